The molecule has 1 aromatic rings. The van der Waals surface area contributed by atoms with Gasteiger partial charge in [-0.3, -0.25) is 9.78 Å². The van der Waals surface area contributed by atoms with Crippen LogP contribution in [0.1, 0.15) is 19.0 Å². The van der Waals surface area contributed by atoms with E-state index >= 15 is 0 Å². The van der Waals surface area contributed by atoms with Crippen LogP contribution >= 0.6 is 0 Å². The molecule has 1 rings (SSSR count). The lowest BCUT2D eigenvalue weighted by molar-refractivity contribution is -0.144. The lowest BCUT2D eigenvalue weighted by atomic mass is 10.4. The summed E-state index contributed by atoms with van der Waals surface area (Å²) >= 11 is 0. The summed E-state index contributed by atoms with van der Waals surface area (Å²) in [7, 11) is 0. The number of anilines is 1. The van der Waals surface area contributed by atoms with Crippen LogP contribution < -0.4 is 5.73 Å². The van der Waals surface area contributed by atoms with Gasteiger partial charge in [-0.25, -0.2) is 4.98 Å². The van der Waals surface area contributed by atoms with E-state index in [1.165, 1.54) is 12.4 Å². The molecule has 1 heterocycles. The second-order valence-corrected chi connectivity index (χ2v) is 2.45. The average molecular weight is 181 g/mol. The van der Waals surface area contributed by atoms with Crippen molar-refractivity contribution in [1.29, 1.82) is 0 Å². The molecule has 0 aliphatic carbocycles. The topological polar surface area (TPSA) is 78.1 Å². The summed E-state index contributed by atoms with van der Waals surface area (Å²) in [5, 5.41) is 0. The van der Waals surface area contributed by atoms with Crippen molar-refractivity contribution < 1.29 is 9.53 Å². The molecule has 5 nitrogen and oxygen atoms in total. The first-order valence-electron chi connectivity index (χ1n) is 3.94. The minimum absolute atomic E-state index is 0.153. The number of aromatic nitrogens is 2. The van der Waals surface area contributed by atoms with Crippen molar-refractivity contribution in [3.8, 4) is 0 Å². The molecule has 0 saturated carbocycles. The van der Waals surface area contributed by atoms with Crippen molar-refractivity contribution >= 4 is 11.8 Å². The van der Waals surface area contributed by atoms with E-state index in [4.69, 9.17) is 10.5 Å². The van der Waals surface area contributed by atoms with E-state index in [9.17, 15) is 4.79 Å². The average Bonchev–Trinajstić information content (AvgIpc) is 2.16. The smallest absolute Gasteiger partial charge is 0.305 e. The quantitative estimate of drug-likeness (QED) is 0.687. The number of rotatable bonds is 3. The zero-order valence-corrected chi connectivity index (χ0v) is 7.36. The number of nitrogens with two attached hydrogens (primary N) is 1. The third-order valence-electron chi connectivity index (χ3n) is 1.40. The molecule has 13 heavy (non-hydrogen) atoms. The Labute approximate surface area is 75.9 Å². The molecule has 0 aliphatic heterocycles. The monoisotopic (exact) mass is 181 g/mol. The second-order valence-electron chi connectivity index (χ2n) is 2.45. The second kappa shape index (κ2) is 4.39. The van der Waals surface area contributed by atoms with Gasteiger partial charge in [0, 0.05) is 6.42 Å². The van der Waals surface area contributed by atoms with Gasteiger partial charge in [0.2, 0.25) is 0 Å². The van der Waals surface area contributed by atoms with E-state index in [0.717, 1.165) is 0 Å². The Kier molecular flexibility index (Phi) is 3.19. The van der Waals surface area contributed by atoms with Crippen LogP contribution in [-0.4, -0.2) is 15.9 Å². The molecule has 0 amide bonds. The van der Waals surface area contributed by atoms with Crippen LogP contribution in [0.15, 0.2) is 12.4 Å². The van der Waals surface area contributed by atoms with E-state index in [1.807, 2.05) is 0 Å². The number of hydrogen-bond acceptors (Lipinski definition) is 5. The summed E-state index contributed by atoms with van der Waals surface area (Å²) in [6, 6.07) is 0. The molecule has 0 unspecified atom stereocenters. The molecule has 0 bridgehead atoms. The van der Waals surface area contributed by atoms with Gasteiger partial charge in [-0.15, -0.1) is 0 Å². The Bertz CT molecular complexity index is 284. The molecule has 2 N–H and O–H groups in total. The molecule has 0 aliphatic rings. The van der Waals surface area contributed by atoms with Crippen LogP contribution in [0.4, 0.5) is 5.82 Å². The highest BCUT2D eigenvalue weighted by Crippen LogP contribution is 1.98. The summed E-state index contributed by atoms with van der Waals surface area (Å²) in [5.74, 6) is 0.101. The van der Waals surface area contributed by atoms with Gasteiger partial charge in [0.05, 0.1) is 18.1 Å². The Morgan fingerprint density at radius 3 is 2.85 bits per heavy atom. The molecule has 0 aromatic carbocycles. The first-order chi connectivity index (χ1) is 6.22. The molecule has 0 saturated heterocycles. The first kappa shape index (κ1) is 9.44. The Hall–Kier alpha value is -1.65. The normalized spacial score (nSPS) is 9.62. The molecule has 1 aromatic heterocycles. The van der Waals surface area contributed by atoms with Gasteiger partial charge < -0.3 is 10.5 Å². The SMILES string of the molecule is CCC(=O)OCc1cnc(N)cn1. The van der Waals surface area contributed by atoms with Crippen LogP contribution in [0.2, 0.25) is 0 Å². The number of ether oxygens (including phenoxy) is 1. The van der Waals surface area contributed by atoms with Gasteiger partial charge in [-0.2, -0.15) is 0 Å². The number of nitrogens with zero attached hydrogens (tertiary/aromatic N) is 2. The van der Waals surface area contributed by atoms with Crippen molar-refractivity contribution in [1.82, 2.24) is 9.97 Å². The zero-order chi connectivity index (χ0) is 9.68. The van der Waals surface area contributed by atoms with E-state index in [1.54, 1.807) is 6.92 Å². The molecular formula is C8H11N3O2. The summed E-state index contributed by atoms with van der Waals surface area (Å²) in [5.41, 5.74) is 5.92. The van der Waals surface area contributed by atoms with Gasteiger partial charge in [-0.05, 0) is 0 Å². The Morgan fingerprint density at radius 1 is 1.54 bits per heavy atom. The van der Waals surface area contributed by atoms with Crippen LogP contribution in [0.25, 0.3) is 0 Å². The van der Waals surface area contributed by atoms with E-state index < -0.39 is 0 Å². The fourth-order valence-electron chi connectivity index (χ4n) is 0.696. The van der Waals surface area contributed by atoms with Crippen LogP contribution in [-0.2, 0) is 16.1 Å². The third-order valence-corrected chi connectivity index (χ3v) is 1.40. The zero-order valence-electron chi connectivity index (χ0n) is 7.36. The van der Waals surface area contributed by atoms with Crippen LogP contribution in [0.5, 0.6) is 0 Å². The number of carbonyl (C=O) groups is 1. The minimum atomic E-state index is -0.251. The predicted molar refractivity (Wildman–Crippen MR) is 46.5 cm³/mol. The van der Waals surface area contributed by atoms with Crippen molar-refractivity contribution in [2.24, 2.45) is 0 Å². The fraction of sp³-hybridized carbons (Fsp3) is 0.375. The number of esters is 1. The maximum atomic E-state index is 10.8. The molecule has 0 radical (unpaired) electrons. The lowest BCUT2D eigenvalue weighted by Gasteiger charge is -2.01. The highest BCUT2D eigenvalue weighted by atomic mass is 16.5. The number of nitrogen functional groups attached to an aromatic ring is 1. The van der Waals surface area contributed by atoms with Gasteiger partial charge >= 0.3 is 5.97 Å². The van der Waals surface area contributed by atoms with Crippen molar-refractivity contribution in [3.63, 3.8) is 0 Å². The van der Waals surface area contributed by atoms with E-state index in [2.05, 4.69) is 9.97 Å². The van der Waals surface area contributed by atoms with Crippen molar-refractivity contribution in [2.45, 2.75) is 20.0 Å². The summed E-state index contributed by atoms with van der Waals surface area (Å²) in [6.45, 7) is 1.89. The molecule has 5 heteroatoms. The van der Waals surface area contributed by atoms with E-state index in [0.29, 0.717) is 17.9 Å². The van der Waals surface area contributed by atoms with Crippen LogP contribution in [0.3, 0.4) is 0 Å². The maximum absolute atomic E-state index is 10.8. The largest absolute Gasteiger partial charge is 0.459 e. The third kappa shape index (κ3) is 3.06. The van der Waals surface area contributed by atoms with Crippen molar-refractivity contribution in [3.05, 3.63) is 18.1 Å². The Morgan fingerprint density at radius 2 is 2.31 bits per heavy atom. The highest BCUT2D eigenvalue weighted by Gasteiger charge is 2.00. The maximum Gasteiger partial charge on any atom is 0.305 e. The summed E-state index contributed by atoms with van der Waals surface area (Å²) in [4.78, 5) is 18.5. The van der Waals surface area contributed by atoms with Crippen LogP contribution in [0, 0.1) is 0 Å². The molecular weight excluding hydrogens is 170 g/mol. The lowest BCUT2D eigenvalue weighted by Crippen LogP contribution is -2.04. The fourth-order valence-corrected chi connectivity index (χ4v) is 0.696. The number of hydrogen-bond donors (Lipinski definition) is 1. The molecule has 0 spiro atoms. The van der Waals surface area contributed by atoms with E-state index in [-0.39, 0.29) is 12.6 Å². The predicted octanol–water partition coefficient (Wildman–Crippen LogP) is 0.512. The van der Waals surface area contributed by atoms with Gasteiger partial charge in [0.15, 0.2) is 0 Å². The highest BCUT2D eigenvalue weighted by molar-refractivity contribution is 5.68. The minimum Gasteiger partial charge on any atom is -0.459 e. The standard InChI is InChI=1S/C8H11N3O2/c1-2-8(12)13-5-6-3-11-7(9)4-10-6/h3-4H,2,5H2,1H3,(H2,9,11). The van der Waals surface area contributed by atoms with Gasteiger partial charge in [0.25, 0.3) is 0 Å². The van der Waals surface area contributed by atoms with Gasteiger partial charge in [0.1, 0.15) is 12.4 Å². The summed E-state index contributed by atoms with van der Waals surface area (Å²) < 4.78 is 4.83. The van der Waals surface area contributed by atoms with Crippen molar-refractivity contribution in [2.75, 3.05) is 5.73 Å². The van der Waals surface area contributed by atoms with Gasteiger partial charge in [-0.1, -0.05) is 6.92 Å². The molecule has 0 atom stereocenters. The number of carbonyl (C=O) groups excluding carboxylic acids is 1. The molecule has 70 valence electrons. The summed E-state index contributed by atoms with van der Waals surface area (Å²) in [6.07, 6.45) is 3.27. The first-order valence-corrected chi connectivity index (χ1v) is 3.94. The Balaban J connectivity index is 2.46. The molecule has 0 fully saturated rings.